The molecule has 64 valence electrons. The number of amides is 1. The summed E-state index contributed by atoms with van der Waals surface area (Å²) < 4.78 is 0. The fourth-order valence-electron chi connectivity index (χ4n) is 1.18. The molecule has 0 bridgehead atoms. The molecule has 1 rings (SSSR count). The van der Waals surface area contributed by atoms with Crippen LogP contribution in [0.1, 0.15) is 0 Å². The Morgan fingerprint density at radius 3 is 2.73 bits per heavy atom. The third-order valence-corrected chi connectivity index (χ3v) is 1.80. The molecule has 1 heterocycles. The lowest BCUT2D eigenvalue weighted by molar-refractivity contribution is -0.130. The Balaban J connectivity index is 2.27. The molecule has 1 amide bonds. The predicted octanol–water partition coefficient (Wildman–Crippen LogP) is -1.36. The highest BCUT2D eigenvalue weighted by Gasteiger charge is 2.14. The Morgan fingerprint density at radius 1 is 1.55 bits per heavy atom. The van der Waals surface area contributed by atoms with E-state index in [4.69, 9.17) is 0 Å². The molecule has 0 atom stereocenters. The standard InChI is InChI=1S/C7H15N3O/c1-8-6-7(11)10-4-2-9-3-5-10/h8-9H,2-6H2,1H3. The summed E-state index contributed by atoms with van der Waals surface area (Å²) in [5.74, 6) is 0.203. The number of carbonyl (C=O) groups excluding carboxylic acids is 1. The van der Waals surface area contributed by atoms with Crippen molar-refractivity contribution in [1.82, 2.24) is 15.5 Å². The highest BCUT2D eigenvalue weighted by Crippen LogP contribution is 1.91. The normalized spacial score (nSPS) is 18.5. The molecule has 0 aromatic rings. The van der Waals surface area contributed by atoms with E-state index in [2.05, 4.69) is 10.6 Å². The molecule has 1 saturated heterocycles. The number of carbonyl (C=O) groups is 1. The second-order valence-electron chi connectivity index (χ2n) is 2.66. The van der Waals surface area contributed by atoms with E-state index in [1.807, 2.05) is 4.90 Å². The minimum absolute atomic E-state index is 0.203. The number of hydrogen-bond acceptors (Lipinski definition) is 3. The average Bonchev–Trinajstić information content (AvgIpc) is 2.07. The van der Waals surface area contributed by atoms with Crippen molar-refractivity contribution >= 4 is 5.91 Å². The summed E-state index contributed by atoms with van der Waals surface area (Å²) in [7, 11) is 1.79. The maximum atomic E-state index is 11.2. The van der Waals surface area contributed by atoms with Crippen LogP contribution in [0.25, 0.3) is 0 Å². The Labute approximate surface area is 66.9 Å². The molecule has 0 radical (unpaired) electrons. The fraction of sp³-hybridized carbons (Fsp3) is 0.857. The van der Waals surface area contributed by atoms with E-state index in [1.165, 1.54) is 0 Å². The van der Waals surface area contributed by atoms with Gasteiger partial charge >= 0.3 is 0 Å². The third-order valence-electron chi connectivity index (χ3n) is 1.80. The summed E-state index contributed by atoms with van der Waals surface area (Å²) in [5.41, 5.74) is 0. The number of piperazine rings is 1. The van der Waals surface area contributed by atoms with Gasteiger partial charge in [-0.1, -0.05) is 0 Å². The highest BCUT2D eigenvalue weighted by molar-refractivity contribution is 5.78. The van der Waals surface area contributed by atoms with Crippen LogP contribution >= 0.6 is 0 Å². The van der Waals surface area contributed by atoms with Crippen LogP contribution in [0.2, 0.25) is 0 Å². The molecule has 0 aromatic heterocycles. The van der Waals surface area contributed by atoms with E-state index < -0.39 is 0 Å². The lowest BCUT2D eigenvalue weighted by Gasteiger charge is -2.27. The minimum Gasteiger partial charge on any atom is -0.339 e. The molecule has 11 heavy (non-hydrogen) atoms. The van der Waals surface area contributed by atoms with E-state index in [-0.39, 0.29) is 5.91 Å². The smallest absolute Gasteiger partial charge is 0.236 e. The van der Waals surface area contributed by atoms with Crippen LogP contribution in [0.4, 0.5) is 0 Å². The maximum Gasteiger partial charge on any atom is 0.236 e. The van der Waals surface area contributed by atoms with Crippen molar-refractivity contribution in [2.45, 2.75) is 0 Å². The van der Waals surface area contributed by atoms with Gasteiger partial charge in [-0.05, 0) is 7.05 Å². The minimum atomic E-state index is 0.203. The summed E-state index contributed by atoms with van der Waals surface area (Å²) >= 11 is 0. The number of nitrogens with zero attached hydrogens (tertiary/aromatic N) is 1. The van der Waals surface area contributed by atoms with Gasteiger partial charge in [-0.25, -0.2) is 0 Å². The first-order valence-corrected chi connectivity index (χ1v) is 3.97. The van der Waals surface area contributed by atoms with Crippen LogP contribution < -0.4 is 10.6 Å². The van der Waals surface area contributed by atoms with E-state index in [1.54, 1.807) is 7.05 Å². The number of likely N-dealkylation sites (N-methyl/N-ethyl adjacent to an activating group) is 1. The van der Waals surface area contributed by atoms with Gasteiger partial charge in [-0.2, -0.15) is 0 Å². The van der Waals surface area contributed by atoms with Gasteiger partial charge in [-0.3, -0.25) is 4.79 Å². The van der Waals surface area contributed by atoms with Crippen LogP contribution in [0.3, 0.4) is 0 Å². The SMILES string of the molecule is CNCC(=O)N1CCNCC1. The van der Waals surface area contributed by atoms with Crippen LogP contribution in [0.15, 0.2) is 0 Å². The summed E-state index contributed by atoms with van der Waals surface area (Å²) in [6, 6.07) is 0. The number of nitrogens with one attached hydrogen (secondary N) is 2. The van der Waals surface area contributed by atoms with Crippen molar-refractivity contribution in [3.8, 4) is 0 Å². The second kappa shape index (κ2) is 4.31. The lowest BCUT2D eigenvalue weighted by Crippen LogP contribution is -2.48. The first-order valence-electron chi connectivity index (χ1n) is 3.97. The monoisotopic (exact) mass is 157 g/mol. The second-order valence-corrected chi connectivity index (χ2v) is 2.66. The Morgan fingerprint density at radius 2 is 2.18 bits per heavy atom. The number of hydrogen-bond donors (Lipinski definition) is 2. The molecule has 2 N–H and O–H groups in total. The molecule has 4 heteroatoms. The summed E-state index contributed by atoms with van der Waals surface area (Å²) in [6.45, 7) is 4.01. The Kier molecular flexibility index (Phi) is 3.32. The molecule has 0 spiro atoms. The molecule has 0 unspecified atom stereocenters. The van der Waals surface area contributed by atoms with E-state index in [0.717, 1.165) is 26.2 Å². The Bertz CT molecular complexity index is 132. The van der Waals surface area contributed by atoms with Crippen LogP contribution in [0, 0.1) is 0 Å². The van der Waals surface area contributed by atoms with Gasteiger partial charge in [0.25, 0.3) is 0 Å². The molecular weight excluding hydrogens is 142 g/mol. The largest absolute Gasteiger partial charge is 0.339 e. The molecular formula is C7H15N3O. The number of rotatable bonds is 2. The average molecular weight is 157 g/mol. The molecule has 0 aliphatic carbocycles. The molecule has 1 fully saturated rings. The van der Waals surface area contributed by atoms with E-state index in [0.29, 0.717) is 6.54 Å². The quantitative estimate of drug-likeness (QED) is 0.520. The topological polar surface area (TPSA) is 44.4 Å². The van der Waals surface area contributed by atoms with Crippen molar-refractivity contribution in [1.29, 1.82) is 0 Å². The van der Waals surface area contributed by atoms with Gasteiger partial charge in [-0.15, -0.1) is 0 Å². The van der Waals surface area contributed by atoms with Crippen LogP contribution in [-0.4, -0.2) is 50.6 Å². The molecule has 1 aliphatic rings. The lowest BCUT2D eigenvalue weighted by atomic mass is 10.3. The third kappa shape index (κ3) is 2.48. The van der Waals surface area contributed by atoms with Gasteiger partial charge in [0.15, 0.2) is 0 Å². The van der Waals surface area contributed by atoms with Crippen molar-refractivity contribution in [3.63, 3.8) is 0 Å². The van der Waals surface area contributed by atoms with Crippen molar-refractivity contribution in [3.05, 3.63) is 0 Å². The van der Waals surface area contributed by atoms with Gasteiger partial charge < -0.3 is 15.5 Å². The van der Waals surface area contributed by atoms with E-state index >= 15 is 0 Å². The van der Waals surface area contributed by atoms with E-state index in [9.17, 15) is 4.79 Å². The van der Waals surface area contributed by atoms with Gasteiger partial charge in [0.2, 0.25) is 5.91 Å². The first kappa shape index (κ1) is 8.49. The molecule has 0 saturated carbocycles. The summed E-state index contributed by atoms with van der Waals surface area (Å²) in [6.07, 6.45) is 0. The van der Waals surface area contributed by atoms with Crippen molar-refractivity contribution < 1.29 is 4.79 Å². The summed E-state index contributed by atoms with van der Waals surface area (Å²) in [5, 5.41) is 6.05. The van der Waals surface area contributed by atoms with Gasteiger partial charge in [0.1, 0.15) is 0 Å². The van der Waals surface area contributed by atoms with Gasteiger partial charge in [0.05, 0.1) is 6.54 Å². The Hall–Kier alpha value is -0.610. The first-order chi connectivity index (χ1) is 5.34. The zero-order valence-corrected chi connectivity index (χ0v) is 6.89. The molecule has 1 aliphatic heterocycles. The van der Waals surface area contributed by atoms with Gasteiger partial charge in [0, 0.05) is 26.2 Å². The zero-order chi connectivity index (χ0) is 8.10. The maximum absolute atomic E-state index is 11.2. The van der Waals surface area contributed by atoms with Crippen LogP contribution in [0.5, 0.6) is 0 Å². The summed E-state index contributed by atoms with van der Waals surface area (Å²) in [4.78, 5) is 13.1. The molecule has 0 aromatic carbocycles. The van der Waals surface area contributed by atoms with Crippen molar-refractivity contribution in [2.24, 2.45) is 0 Å². The van der Waals surface area contributed by atoms with Crippen LogP contribution in [-0.2, 0) is 4.79 Å². The fourth-order valence-corrected chi connectivity index (χ4v) is 1.18. The molecule has 4 nitrogen and oxygen atoms in total. The predicted molar refractivity (Wildman–Crippen MR) is 43.4 cm³/mol. The van der Waals surface area contributed by atoms with Crippen molar-refractivity contribution in [2.75, 3.05) is 39.8 Å². The zero-order valence-electron chi connectivity index (χ0n) is 6.89. The highest BCUT2D eigenvalue weighted by atomic mass is 16.2.